The van der Waals surface area contributed by atoms with Gasteiger partial charge in [0.2, 0.25) is 5.91 Å². The van der Waals surface area contributed by atoms with Crippen molar-refractivity contribution in [2.24, 2.45) is 0 Å². The predicted molar refractivity (Wildman–Crippen MR) is 278 cm³/mol. The molecule has 372 valence electrons. The van der Waals surface area contributed by atoms with Crippen molar-refractivity contribution in [2.75, 3.05) is 6.61 Å². The van der Waals surface area contributed by atoms with Crippen LogP contribution >= 0.6 is 0 Å². The molecule has 0 aliphatic rings. The molecule has 5 nitrogen and oxygen atoms in total. The summed E-state index contributed by atoms with van der Waals surface area (Å²) in [6.07, 6.45) is 69.1. The van der Waals surface area contributed by atoms with E-state index in [4.69, 9.17) is 0 Å². The van der Waals surface area contributed by atoms with Crippen LogP contribution in [-0.4, -0.2) is 46.1 Å². The van der Waals surface area contributed by atoms with E-state index in [0.717, 1.165) is 38.5 Å². The number of amides is 1. The van der Waals surface area contributed by atoms with Crippen LogP contribution in [0.4, 0.5) is 0 Å². The van der Waals surface area contributed by atoms with Gasteiger partial charge in [0.15, 0.2) is 0 Å². The van der Waals surface area contributed by atoms with Crippen LogP contribution in [0.3, 0.4) is 0 Å². The van der Waals surface area contributed by atoms with Gasteiger partial charge in [-0.3, -0.25) is 4.79 Å². The topological polar surface area (TPSA) is 89.8 Å². The summed E-state index contributed by atoms with van der Waals surface area (Å²) in [5.74, 6) is -0.325. The van der Waals surface area contributed by atoms with E-state index in [1.54, 1.807) is 6.08 Å². The first-order valence-electron chi connectivity index (χ1n) is 28.3. The summed E-state index contributed by atoms with van der Waals surface area (Å²) >= 11 is 0. The average molecular weight is 887 g/mol. The summed E-state index contributed by atoms with van der Waals surface area (Å²) in [5, 5.41) is 33.4. The van der Waals surface area contributed by atoms with Gasteiger partial charge >= 0.3 is 0 Å². The Balaban J connectivity index is 3.55. The maximum Gasteiger partial charge on any atom is 0.222 e. The molecule has 0 aromatic carbocycles. The fraction of sp³-hybridized carbons (Fsp3) is 0.879. The highest BCUT2D eigenvalue weighted by molar-refractivity contribution is 5.76. The fourth-order valence-corrected chi connectivity index (χ4v) is 8.85. The molecule has 3 atom stereocenters. The normalized spacial score (nSPS) is 13.5. The van der Waals surface area contributed by atoms with Crippen molar-refractivity contribution in [1.29, 1.82) is 0 Å². The Hall–Kier alpha value is -1.43. The van der Waals surface area contributed by atoms with Gasteiger partial charge in [-0.15, -0.1) is 0 Å². The summed E-state index contributed by atoms with van der Waals surface area (Å²) < 4.78 is 0. The molecular weight excluding hydrogens is 775 g/mol. The van der Waals surface area contributed by atoms with Gasteiger partial charge in [-0.25, -0.2) is 0 Å². The largest absolute Gasteiger partial charge is 0.394 e. The molecule has 0 aromatic heterocycles. The van der Waals surface area contributed by atoms with Crippen molar-refractivity contribution >= 4 is 5.91 Å². The molecule has 4 N–H and O–H groups in total. The third-order valence-electron chi connectivity index (χ3n) is 13.2. The summed E-state index contributed by atoms with van der Waals surface area (Å²) in [5.41, 5.74) is 0. The van der Waals surface area contributed by atoms with E-state index >= 15 is 0 Å². The van der Waals surface area contributed by atoms with Gasteiger partial charge in [0.1, 0.15) is 0 Å². The molecule has 3 unspecified atom stereocenters. The molecular formula is C58H111NO4. The van der Waals surface area contributed by atoms with E-state index in [1.807, 2.05) is 6.08 Å². The van der Waals surface area contributed by atoms with Crippen LogP contribution in [0.5, 0.6) is 0 Å². The predicted octanol–water partition coefficient (Wildman–Crippen LogP) is 17.4. The van der Waals surface area contributed by atoms with Crippen LogP contribution in [0, 0.1) is 0 Å². The highest BCUT2D eigenvalue weighted by Crippen LogP contribution is 2.18. The molecule has 1 amide bonds. The molecule has 63 heavy (non-hydrogen) atoms. The number of hydrogen-bond acceptors (Lipinski definition) is 4. The third-order valence-corrected chi connectivity index (χ3v) is 13.2. The van der Waals surface area contributed by atoms with Crippen LogP contribution < -0.4 is 5.32 Å². The van der Waals surface area contributed by atoms with Crippen LogP contribution in [-0.2, 0) is 4.79 Å². The number of carbonyl (C=O) groups excluding carboxylic acids is 1. The number of hydrogen-bond donors (Lipinski definition) is 4. The minimum atomic E-state index is -0.959. The number of unbranched alkanes of at least 4 members (excludes halogenated alkanes) is 39. The monoisotopic (exact) mass is 886 g/mol. The van der Waals surface area contributed by atoms with Gasteiger partial charge in [-0.1, -0.05) is 288 Å². The SMILES string of the molecule is CCCCCCCCCC/C=C/CC/C=C/CC/C=C/C(O)C(CO)NC(=O)CC(O)CCCCCCCCCCCCCCCCCCCCCCCCCCCCCCCC. The zero-order valence-electron chi connectivity index (χ0n) is 42.5. The van der Waals surface area contributed by atoms with Crippen molar-refractivity contribution in [3.8, 4) is 0 Å². The molecule has 0 radical (unpaired) electrons. The maximum atomic E-state index is 12.5. The maximum absolute atomic E-state index is 12.5. The number of aliphatic hydroxyl groups excluding tert-OH is 3. The van der Waals surface area contributed by atoms with Gasteiger partial charge in [0.25, 0.3) is 0 Å². The number of aliphatic hydroxyl groups is 3. The zero-order chi connectivity index (χ0) is 45.8. The molecule has 0 heterocycles. The lowest BCUT2D eigenvalue weighted by Gasteiger charge is -2.21. The molecule has 0 aromatic rings. The summed E-state index contributed by atoms with van der Waals surface area (Å²) in [6, 6.07) is -0.766. The second-order valence-electron chi connectivity index (χ2n) is 19.5. The van der Waals surface area contributed by atoms with Crippen molar-refractivity contribution in [2.45, 2.75) is 321 Å². The molecule has 0 saturated carbocycles. The highest BCUT2D eigenvalue weighted by atomic mass is 16.3. The number of rotatable bonds is 52. The summed E-state index contributed by atoms with van der Waals surface area (Å²) in [6.45, 7) is 4.22. The second kappa shape index (κ2) is 53.2. The fourth-order valence-electron chi connectivity index (χ4n) is 8.85. The summed E-state index contributed by atoms with van der Waals surface area (Å²) in [7, 11) is 0. The highest BCUT2D eigenvalue weighted by Gasteiger charge is 2.20. The van der Waals surface area contributed by atoms with E-state index in [1.165, 1.54) is 238 Å². The molecule has 0 spiro atoms. The number of carbonyl (C=O) groups is 1. The Morgan fingerprint density at radius 2 is 0.683 bits per heavy atom. The zero-order valence-corrected chi connectivity index (χ0v) is 42.5. The second-order valence-corrected chi connectivity index (χ2v) is 19.5. The minimum absolute atomic E-state index is 0.00563. The van der Waals surface area contributed by atoms with Gasteiger partial charge in [-0.2, -0.15) is 0 Å². The molecule has 0 aliphatic heterocycles. The number of nitrogens with one attached hydrogen (secondary N) is 1. The smallest absolute Gasteiger partial charge is 0.222 e. The van der Waals surface area contributed by atoms with Gasteiger partial charge in [0.05, 0.1) is 31.3 Å². The van der Waals surface area contributed by atoms with Gasteiger partial charge < -0.3 is 20.6 Å². The molecule has 5 heteroatoms. The van der Waals surface area contributed by atoms with E-state index in [-0.39, 0.29) is 18.9 Å². The van der Waals surface area contributed by atoms with Crippen molar-refractivity contribution in [3.63, 3.8) is 0 Å². The Morgan fingerprint density at radius 1 is 0.397 bits per heavy atom. The third kappa shape index (κ3) is 49.8. The first-order chi connectivity index (χ1) is 31.0. The van der Waals surface area contributed by atoms with E-state index in [0.29, 0.717) is 6.42 Å². The standard InChI is InChI=1S/C58H111NO4/c1-3-5-7-9-11-13-15-17-19-21-23-24-25-26-27-28-29-30-31-32-33-34-35-37-39-41-43-45-47-49-51-55(61)53-58(63)59-56(54-60)57(62)52-50-48-46-44-42-40-38-36-22-20-18-16-14-12-10-8-6-4-2/h22,36,42,44,50,52,55-57,60-62H,3-21,23-35,37-41,43,45-49,51,53-54H2,1-2H3,(H,59,63)/b36-22+,44-42+,52-50+. The first kappa shape index (κ1) is 61.6. The van der Waals surface area contributed by atoms with E-state index in [2.05, 4.69) is 43.5 Å². The lowest BCUT2D eigenvalue weighted by molar-refractivity contribution is -0.124. The van der Waals surface area contributed by atoms with Crippen LogP contribution in [0.1, 0.15) is 303 Å². The van der Waals surface area contributed by atoms with Crippen LogP contribution in [0.15, 0.2) is 36.5 Å². The number of allylic oxidation sites excluding steroid dienone is 5. The van der Waals surface area contributed by atoms with Crippen LogP contribution in [0.2, 0.25) is 0 Å². The van der Waals surface area contributed by atoms with Crippen molar-refractivity contribution in [1.82, 2.24) is 5.32 Å². The van der Waals surface area contributed by atoms with E-state index < -0.39 is 18.2 Å². The molecule has 0 bridgehead atoms. The molecule has 0 aliphatic carbocycles. The Kier molecular flexibility index (Phi) is 52.0. The van der Waals surface area contributed by atoms with Gasteiger partial charge in [-0.05, 0) is 44.9 Å². The lowest BCUT2D eigenvalue weighted by atomic mass is 10.0. The first-order valence-corrected chi connectivity index (χ1v) is 28.3. The van der Waals surface area contributed by atoms with Gasteiger partial charge in [0, 0.05) is 0 Å². The average Bonchev–Trinajstić information content (AvgIpc) is 3.28. The van der Waals surface area contributed by atoms with Crippen molar-refractivity contribution in [3.05, 3.63) is 36.5 Å². The minimum Gasteiger partial charge on any atom is -0.394 e. The Labute approximate surface area is 394 Å². The lowest BCUT2D eigenvalue weighted by Crippen LogP contribution is -2.45. The van der Waals surface area contributed by atoms with Crippen LogP contribution in [0.25, 0.3) is 0 Å². The molecule has 0 rings (SSSR count). The van der Waals surface area contributed by atoms with Crippen molar-refractivity contribution < 1.29 is 20.1 Å². The molecule has 0 saturated heterocycles. The van der Waals surface area contributed by atoms with E-state index in [9.17, 15) is 20.1 Å². The molecule has 0 fully saturated rings. The quantitative estimate of drug-likeness (QED) is 0.0362. The summed E-state index contributed by atoms with van der Waals surface area (Å²) in [4.78, 5) is 12.5. The Bertz CT molecular complexity index is 978. The Morgan fingerprint density at radius 3 is 1.02 bits per heavy atom.